The van der Waals surface area contributed by atoms with Gasteiger partial charge in [0.2, 0.25) is 0 Å². The van der Waals surface area contributed by atoms with E-state index in [1.54, 1.807) is 18.4 Å². The van der Waals surface area contributed by atoms with Crippen LogP contribution in [-0.4, -0.2) is 37.7 Å². The van der Waals surface area contributed by atoms with E-state index in [1.807, 2.05) is 24.4 Å². The van der Waals surface area contributed by atoms with Crippen molar-refractivity contribution >= 4 is 41.3 Å². The highest BCUT2D eigenvalue weighted by molar-refractivity contribution is 14.0. The summed E-state index contributed by atoms with van der Waals surface area (Å²) in [5.41, 5.74) is 1.17. The number of hydrogen-bond acceptors (Lipinski definition) is 4. The number of benzene rings is 1. The Morgan fingerprint density at radius 3 is 2.64 bits per heavy atom. The highest BCUT2D eigenvalue weighted by Gasteiger charge is 2.01. The first-order chi connectivity index (χ1) is 11.7. The maximum Gasteiger partial charge on any atom is 0.190 e. The van der Waals surface area contributed by atoms with Gasteiger partial charge >= 0.3 is 0 Å². The number of halogens is 1. The highest BCUT2D eigenvalue weighted by atomic mass is 127. The molecule has 5 nitrogen and oxygen atoms in total. The molecule has 0 saturated carbocycles. The van der Waals surface area contributed by atoms with Gasteiger partial charge in [-0.2, -0.15) is 0 Å². The molecular formula is C18H27IN4OS. The molecule has 138 valence electrons. The third-order valence-corrected chi connectivity index (χ3v) is 4.46. The minimum absolute atomic E-state index is 0. The molecule has 0 atom stereocenters. The van der Waals surface area contributed by atoms with E-state index in [4.69, 9.17) is 4.74 Å². The summed E-state index contributed by atoms with van der Waals surface area (Å²) in [6.07, 6.45) is 3.75. The van der Waals surface area contributed by atoms with Crippen molar-refractivity contribution in [2.75, 3.05) is 26.7 Å². The van der Waals surface area contributed by atoms with Crippen molar-refractivity contribution in [2.45, 2.75) is 26.7 Å². The van der Waals surface area contributed by atoms with E-state index in [2.05, 4.69) is 40.5 Å². The van der Waals surface area contributed by atoms with Crippen molar-refractivity contribution in [2.24, 2.45) is 4.99 Å². The molecule has 0 aliphatic carbocycles. The number of para-hydroxylation sites is 1. The zero-order chi connectivity index (χ0) is 17.2. The number of aryl methyl sites for hydroxylation is 2. The zero-order valence-corrected chi connectivity index (χ0v) is 18.2. The first-order valence-electron chi connectivity index (χ1n) is 8.23. The van der Waals surface area contributed by atoms with Crippen LogP contribution in [0.5, 0.6) is 5.75 Å². The van der Waals surface area contributed by atoms with Crippen molar-refractivity contribution in [3.05, 3.63) is 45.9 Å². The van der Waals surface area contributed by atoms with Gasteiger partial charge in [-0.3, -0.25) is 4.99 Å². The van der Waals surface area contributed by atoms with E-state index in [-0.39, 0.29) is 24.0 Å². The molecule has 1 aromatic carbocycles. The maximum absolute atomic E-state index is 5.79. The third kappa shape index (κ3) is 8.04. The standard InChI is InChI=1S/C18H26N4OS.HI/c1-14-7-4-5-8-16(14)23-12-6-10-20-18(19-3)21-11-9-17-22-13-15(2)24-17;/h4-5,7-8,13H,6,9-12H2,1-3H3,(H2,19,20,21);1H. The van der Waals surface area contributed by atoms with Gasteiger partial charge in [0.25, 0.3) is 0 Å². The molecule has 0 radical (unpaired) electrons. The minimum Gasteiger partial charge on any atom is -0.493 e. The molecular weight excluding hydrogens is 447 g/mol. The number of thiazole rings is 1. The SMILES string of the molecule is CN=C(NCCCOc1ccccc1C)NCCc1ncc(C)s1.I. The molecule has 0 saturated heterocycles. The van der Waals surface area contributed by atoms with Gasteiger partial charge in [-0.1, -0.05) is 18.2 Å². The van der Waals surface area contributed by atoms with Crippen LogP contribution in [0.15, 0.2) is 35.5 Å². The average Bonchev–Trinajstić information content (AvgIpc) is 3.00. The van der Waals surface area contributed by atoms with Gasteiger partial charge in [-0.05, 0) is 31.9 Å². The quantitative estimate of drug-likeness (QED) is 0.266. The fraction of sp³-hybridized carbons (Fsp3) is 0.444. The molecule has 0 aliphatic heterocycles. The van der Waals surface area contributed by atoms with E-state index < -0.39 is 0 Å². The van der Waals surface area contributed by atoms with Crippen molar-refractivity contribution in [1.82, 2.24) is 15.6 Å². The van der Waals surface area contributed by atoms with E-state index in [0.717, 1.165) is 42.6 Å². The van der Waals surface area contributed by atoms with E-state index in [0.29, 0.717) is 6.61 Å². The van der Waals surface area contributed by atoms with Gasteiger partial charge in [0.15, 0.2) is 5.96 Å². The molecule has 0 aliphatic rings. The normalized spacial score (nSPS) is 10.9. The minimum atomic E-state index is 0. The number of hydrogen-bond donors (Lipinski definition) is 2. The summed E-state index contributed by atoms with van der Waals surface area (Å²) in [6.45, 7) is 6.47. The van der Waals surface area contributed by atoms with Crippen LogP contribution in [-0.2, 0) is 6.42 Å². The van der Waals surface area contributed by atoms with E-state index in [9.17, 15) is 0 Å². The number of guanidine groups is 1. The molecule has 1 aromatic heterocycles. The lowest BCUT2D eigenvalue weighted by atomic mass is 10.2. The molecule has 0 unspecified atom stereocenters. The van der Waals surface area contributed by atoms with Crippen LogP contribution in [0, 0.1) is 13.8 Å². The molecule has 0 amide bonds. The molecule has 7 heteroatoms. The lowest BCUT2D eigenvalue weighted by molar-refractivity contribution is 0.309. The summed E-state index contributed by atoms with van der Waals surface area (Å²) >= 11 is 1.74. The number of aliphatic imine (C=N–C) groups is 1. The van der Waals surface area contributed by atoms with Crippen LogP contribution < -0.4 is 15.4 Å². The van der Waals surface area contributed by atoms with Crippen LogP contribution in [0.3, 0.4) is 0 Å². The third-order valence-electron chi connectivity index (χ3n) is 3.49. The molecule has 0 bridgehead atoms. The van der Waals surface area contributed by atoms with Crippen molar-refractivity contribution < 1.29 is 4.74 Å². The molecule has 2 rings (SSSR count). The molecule has 0 spiro atoms. The Morgan fingerprint density at radius 2 is 1.96 bits per heavy atom. The molecule has 2 N–H and O–H groups in total. The molecule has 2 aromatic rings. The Bertz CT molecular complexity index is 660. The molecule has 25 heavy (non-hydrogen) atoms. The van der Waals surface area contributed by atoms with Crippen molar-refractivity contribution in [3.8, 4) is 5.75 Å². The Labute approximate surface area is 171 Å². The Kier molecular flexibility index (Phi) is 10.5. The van der Waals surface area contributed by atoms with Crippen LogP contribution in [0.1, 0.15) is 21.9 Å². The summed E-state index contributed by atoms with van der Waals surface area (Å²) < 4.78 is 5.79. The fourth-order valence-electron chi connectivity index (χ4n) is 2.20. The second kappa shape index (κ2) is 12.1. The number of nitrogens with one attached hydrogen (secondary N) is 2. The van der Waals surface area contributed by atoms with Crippen LogP contribution in [0.2, 0.25) is 0 Å². The first-order valence-corrected chi connectivity index (χ1v) is 9.05. The van der Waals surface area contributed by atoms with Gasteiger partial charge in [0, 0.05) is 37.6 Å². The predicted octanol–water partition coefficient (Wildman–Crippen LogP) is 3.55. The average molecular weight is 474 g/mol. The highest BCUT2D eigenvalue weighted by Crippen LogP contribution is 2.16. The van der Waals surface area contributed by atoms with Crippen LogP contribution in [0.25, 0.3) is 0 Å². The summed E-state index contributed by atoms with van der Waals surface area (Å²) in [7, 11) is 1.78. The van der Waals surface area contributed by atoms with Crippen molar-refractivity contribution in [3.63, 3.8) is 0 Å². The number of aromatic nitrogens is 1. The lowest BCUT2D eigenvalue weighted by Crippen LogP contribution is -2.39. The summed E-state index contributed by atoms with van der Waals surface area (Å²) in [4.78, 5) is 9.84. The van der Waals surface area contributed by atoms with E-state index in [1.165, 1.54) is 10.4 Å². The first kappa shape index (κ1) is 21.7. The Morgan fingerprint density at radius 1 is 1.20 bits per heavy atom. The van der Waals surface area contributed by atoms with Crippen LogP contribution >= 0.6 is 35.3 Å². The van der Waals surface area contributed by atoms with E-state index >= 15 is 0 Å². The monoisotopic (exact) mass is 474 g/mol. The number of ether oxygens (including phenoxy) is 1. The Balaban J connectivity index is 0.00000312. The lowest BCUT2D eigenvalue weighted by Gasteiger charge is -2.12. The topological polar surface area (TPSA) is 58.5 Å². The smallest absolute Gasteiger partial charge is 0.190 e. The second-order valence-corrected chi connectivity index (χ2v) is 6.83. The van der Waals surface area contributed by atoms with Gasteiger partial charge in [0.1, 0.15) is 5.75 Å². The van der Waals surface area contributed by atoms with Gasteiger partial charge in [0.05, 0.1) is 11.6 Å². The van der Waals surface area contributed by atoms with Crippen LogP contribution in [0.4, 0.5) is 0 Å². The number of rotatable bonds is 8. The molecule has 0 fully saturated rings. The maximum atomic E-state index is 5.79. The van der Waals surface area contributed by atoms with Gasteiger partial charge in [-0.25, -0.2) is 4.98 Å². The summed E-state index contributed by atoms with van der Waals surface area (Å²) in [5, 5.41) is 7.77. The zero-order valence-electron chi connectivity index (χ0n) is 15.0. The van der Waals surface area contributed by atoms with Crippen molar-refractivity contribution in [1.29, 1.82) is 0 Å². The second-order valence-electron chi connectivity index (χ2n) is 5.51. The van der Waals surface area contributed by atoms with Gasteiger partial charge < -0.3 is 15.4 Å². The number of nitrogens with zero attached hydrogens (tertiary/aromatic N) is 2. The van der Waals surface area contributed by atoms with Gasteiger partial charge in [-0.15, -0.1) is 35.3 Å². The largest absolute Gasteiger partial charge is 0.493 e. The summed E-state index contributed by atoms with van der Waals surface area (Å²) in [5.74, 6) is 1.78. The Hall–Kier alpha value is -1.35. The fourth-order valence-corrected chi connectivity index (χ4v) is 2.99. The molecule has 1 heterocycles. The summed E-state index contributed by atoms with van der Waals surface area (Å²) in [6, 6.07) is 8.08. The predicted molar refractivity (Wildman–Crippen MR) is 117 cm³/mol.